The van der Waals surface area contributed by atoms with Gasteiger partial charge in [0.25, 0.3) is 0 Å². The Morgan fingerprint density at radius 2 is 1.91 bits per heavy atom. The number of aromatic nitrogens is 4. The van der Waals surface area contributed by atoms with Crippen LogP contribution in [0.15, 0.2) is 30.3 Å². The summed E-state index contributed by atoms with van der Waals surface area (Å²) in [6.45, 7) is 5.12. The first-order chi connectivity index (χ1) is 15.6. The van der Waals surface area contributed by atoms with Gasteiger partial charge in [0.1, 0.15) is 11.6 Å². The number of nitrogens with two attached hydrogens (primary N) is 1. The zero-order valence-electron chi connectivity index (χ0n) is 18.4. The Labute approximate surface area is 188 Å². The maximum atomic E-state index is 9.33. The minimum atomic E-state index is 0.0523. The molecule has 2 aromatic heterocycles. The molecule has 1 aliphatic heterocycles. The lowest BCUT2D eigenvalue weighted by Crippen LogP contribution is -2.41. The van der Waals surface area contributed by atoms with Crippen LogP contribution in [0.25, 0.3) is 11.2 Å². The first-order valence-corrected chi connectivity index (χ1v) is 11.5. The Balaban J connectivity index is 1.60. The maximum Gasteiger partial charge on any atom is 0.236 e. The van der Waals surface area contributed by atoms with E-state index in [0.29, 0.717) is 30.6 Å². The zero-order valence-corrected chi connectivity index (χ0v) is 18.4. The summed E-state index contributed by atoms with van der Waals surface area (Å²) in [7, 11) is 0. The van der Waals surface area contributed by atoms with Crippen LogP contribution in [-0.4, -0.2) is 39.3 Å². The number of imidazole rings is 1. The van der Waals surface area contributed by atoms with Gasteiger partial charge in [0, 0.05) is 13.1 Å². The number of fused-ring (bicyclic) bond motifs is 1. The molecule has 5 rings (SSSR count). The van der Waals surface area contributed by atoms with Crippen LogP contribution < -0.4 is 10.6 Å². The van der Waals surface area contributed by atoms with Crippen molar-refractivity contribution < 1.29 is 4.74 Å². The van der Waals surface area contributed by atoms with E-state index in [0.717, 1.165) is 30.5 Å². The summed E-state index contributed by atoms with van der Waals surface area (Å²) < 4.78 is 8.05. The highest BCUT2D eigenvalue weighted by molar-refractivity contribution is 5.85. The number of rotatable bonds is 4. The highest BCUT2D eigenvalue weighted by Crippen LogP contribution is 2.36. The van der Waals surface area contributed by atoms with Crippen molar-refractivity contribution in [2.24, 2.45) is 11.8 Å². The fourth-order valence-corrected chi connectivity index (χ4v) is 5.06. The highest BCUT2D eigenvalue weighted by atomic mass is 16.5. The molecule has 0 spiro atoms. The predicted octanol–water partition coefficient (Wildman–Crippen LogP) is 3.68. The van der Waals surface area contributed by atoms with Gasteiger partial charge in [0.15, 0.2) is 11.5 Å². The molecule has 32 heavy (non-hydrogen) atoms. The second-order valence-corrected chi connectivity index (χ2v) is 9.06. The summed E-state index contributed by atoms with van der Waals surface area (Å²) >= 11 is 0. The van der Waals surface area contributed by atoms with Gasteiger partial charge in [-0.1, -0.05) is 50.1 Å². The Hall–Kier alpha value is -3.18. The average Bonchev–Trinajstić information content (AvgIpc) is 3.19. The third kappa shape index (κ3) is 3.89. The van der Waals surface area contributed by atoms with E-state index in [1.165, 1.54) is 31.2 Å². The molecule has 1 aliphatic carbocycles. The first-order valence-electron chi connectivity index (χ1n) is 11.5. The SMILES string of the molecule is CC1CCC(Cn2c(N3CCOC[C@H]3c3ccccc3)nc3nc(C#N)nc(N)c32)CC1. The normalized spacial score (nSPS) is 23.9. The van der Waals surface area contributed by atoms with E-state index < -0.39 is 0 Å². The van der Waals surface area contributed by atoms with E-state index in [1.54, 1.807) is 0 Å². The van der Waals surface area contributed by atoms with Gasteiger partial charge in [-0.2, -0.15) is 20.2 Å². The highest BCUT2D eigenvalue weighted by Gasteiger charge is 2.31. The number of nitrogens with zero attached hydrogens (tertiary/aromatic N) is 6. The molecule has 8 heteroatoms. The summed E-state index contributed by atoms with van der Waals surface area (Å²) in [5.74, 6) is 2.57. The van der Waals surface area contributed by atoms with Crippen molar-refractivity contribution in [1.82, 2.24) is 19.5 Å². The minimum Gasteiger partial charge on any atom is -0.382 e. The maximum absolute atomic E-state index is 9.33. The molecule has 3 aromatic rings. The van der Waals surface area contributed by atoms with Gasteiger partial charge in [0.2, 0.25) is 11.8 Å². The van der Waals surface area contributed by atoms with Crippen molar-refractivity contribution in [3.05, 3.63) is 41.7 Å². The molecule has 0 amide bonds. The number of nitriles is 1. The quantitative estimate of drug-likeness (QED) is 0.671. The lowest BCUT2D eigenvalue weighted by atomic mass is 9.83. The van der Waals surface area contributed by atoms with Crippen LogP contribution in [0.5, 0.6) is 0 Å². The van der Waals surface area contributed by atoms with Gasteiger partial charge in [-0.05, 0) is 30.2 Å². The predicted molar refractivity (Wildman–Crippen MR) is 123 cm³/mol. The molecule has 0 unspecified atom stereocenters. The van der Waals surface area contributed by atoms with E-state index in [2.05, 4.69) is 50.6 Å². The Kier molecular flexibility index (Phi) is 5.66. The average molecular weight is 432 g/mol. The number of hydrogen-bond donors (Lipinski definition) is 1. The Morgan fingerprint density at radius 3 is 2.66 bits per heavy atom. The largest absolute Gasteiger partial charge is 0.382 e. The molecule has 1 saturated carbocycles. The fraction of sp³-hybridized carbons (Fsp3) is 0.500. The van der Waals surface area contributed by atoms with E-state index >= 15 is 0 Å². The molecule has 8 nitrogen and oxygen atoms in total. The van der Waals surface area contributed by atoms with Crippen molar-refractivity contribution >= 4 is 22.9 Å². The van der Waals surface area contributed by atoms with Gasteiger partial charge in [0.05, 0.1) is 19.3 Å². The van der Waals surface area contributed by atoms with Crippen molar-refractivity contribution in [3.8, 4) is 6.07 Å². The lowest BCUT2D eigenvalue weighted by molar-refractivity contribution is 0.0927. The van der Waals surface area contributed by atoms with Crippen LogP contribution >= 0.6 is 0 Å². The van der Waals surface area contributed by atoms with Crippen molar-refractivity contribution in [3.63, 3.8) is 0 Å². The molecule has 1 saturated heterocycles. The molecule has 3 heterocycles. The number of nitrogen functional groups attached to an aromatic ring is 1. The number of ether oxygens (including phenoxy) is 1. The van der Waals surface area contributed by atoms with Gasteiger partial charge < -0.3 is 19.9 Å². The molecule has 0 bridgehead atoms. The molecule has 166 valence electrons. The van der Waals surface area contributed by atoms with Gasteiger partial charge in [-0.3, -0.25) is 0 Å². The van der Waals surface area contributed by atoms with Gasteiger partial charge >= 0.3 is 0 Å². The van der Waals surface area contributed by atoms with Gasteiger partial charge in [-0.25, -0.2) is 0 Å². The van der Waals surface area contributed by atoms with E-state index in [1.807, 2.05) is 12.1 Å². The summed E-state index contributed by atoms with van der Waals surface area (Å²) in [6.07, 6.45) is 4.90. The lowest BCUT2D eigenvalue weighted by Gasteiger charge is -2.37. The van der Waals surface area contributed by atoms with Crippen LogP contribution in [0, 0.1) is 23.2 Å². The molecule has 2 fully saturated rings. The first kappa shape index (κ1) is 20.7. The van der Waals surface area contributed by atoms with Crippen LogP contribution in [0.2, 0.25) is 0 Å². The number of morpholine rings is 1. The molecular formula is C24H29N7O. The summed E-state index contributed by atoms with van der Waals surface area (Å²) in [5, 5.41) is 9.33. The molecule has 1 aromatic carbocycles. The number of hydrogen-bond acceptors (Lipinski definition) is 7. The van der Waals surface area contributed by atoms with Crippen molar-refractivity contribution in [2.45, 2.75) is 45.2 Å². The van der Waals surface area contributed by atoms with Crippen molar-refractivity contribution in [1.29, 1.82) is 5.26 Å². The monoisotopic (exact) mass is 431 g/mol. The van der Waals surface area contributed by atoms with E-state index in [-0.39, 0.29) is 11.9 Å². The molecular weight excluding hydrogens is 402 g/mol. The minimum absolute atomic E-state index is 0.0523. The summed E-state index contributed by atoms with van der Waals surface area (Å²) in [5.41, 5.74) is 8.76. The van der Waals surface area contributed by atoms with Crippen LogP contribution in [0.3, 0.4) is 0 Å². The van der Waals surface area contributed by atoms with Gasteiger partial charge in [-0.15, -0.1) is 0 Å². The number of benzene rings is 1. The topological polar surface area (TPSA) is 106 Å². The second-order valence-electron chi connectivity index (χ2n) is 9.06. The smallest absolute Gasteiger partial charge is 0.236 e. The second kappa shape index (κ2) is 8.75. The van der Waals surface area contributed by atoms with E-state index in [4.69, 9.17) is 15.5 Å². The third-order valence-corrected chi connectivity index (χ3v) is 6.86. The molecule has 0 radical (unpaired) electrons. The standard InChI is InChI=1S/C24H29N7O/c1-16-7-9-17(10-8-16)14-31-21-22(26)27-20(13-25)28-23(21)29-24(31)30-11-12-32-15-19(30)18-5-3-2-4-6-18/h2-6,16-17,19H,7-12,14-15H2,1H3,(H2,26,27,28)/t16?,17?,19-/m0/s1. The summed E-state index contributed by atoms with van der Waals surface area (Å²) in [6, 6.07) is 12.4. The Bertz CT molecular complexity index is 1130. The van der Waals surface area contributed by atoms with Crippen LogP contribution in [0.4, 0.5) is 11.8 Å². The van der Waals surface area contributed by atoms with E-state index in [9.17, 15) is 5.26 Å². The number of anilines is 2. The zero-order chi connectivity index (χ0) is 22.1. The fourth-order valence-electron chi connectivity index (χ4n) is 5.06. The molecule has 1 atom stereocenters. The summed E-state index contributed by atoms with van der Waals surface area (Å²) in [4.78, 5) is 15.8. The molecule has 2 N–H and O–H groups in total. The van der Waals surface area contributed by atoms with Crippen LogP contribution in [0.1, 0.15) is 50.0 Å². The Morgan fingerprint density at radius 1 is 1.12 bits per heavy atom. The van der Waals surface area contributed by atoms with Crippen molar-refractivity contribution in [2.75, 3.05) is 30.4 Å². The van der Waals surface area contributed by atoms with Crippen LogP contribution in [-0.2, 0) is 11.3 Å². The molecule has 2 aliphatic rings. The third-order valence-electron chi connectivity index (χ3n) is 6.86.